The number of esters is 1. The van der Waals surface area contributed by atoms with E-state index in [0.29, 0.717) is 25.7 Å². The van der Waals surface area contributed by atoms with E-state index in [1.807, 2.05) is 0 Å². The van der Waals surface area contributed by atoms with Gasteiger partial charge in [0, 0.05) is 19.0 Å². The van der Waals surface area contributed by atoms with Crippen LogP contribution in [-0.4, -0.2) is 58.2 Å². The van der Waals surface area contributed by atoms with Crippen molar-refractivity contribution in [3.63, 3.8) is 0 Å². The first-order valence-corrected chi connectivity index (χ1v) is 14.8. The van der Waals surface area contributed by atoms with E-state index in [4.69, 9.17) is 4.74 Å². The van der Waals surface area contributed by atoms with E-state index in [2.05, 4.69) is 0 Å². The number of amides is 1. The predicted molar refractivity (Wildman–Crippen MR) is 140 cm³/mol. The molecule has 0 spiro atoms. The van der Waals surface area contributed by atoms with E-state index in [1.165, 1.54) is 24.1 Å². The van der Waals surface area contributed by atoms with Gasteiger partial charge in [-0.05, 0) is 74.4 Å². The van der Waals surface area contributed by atoms with E-state index >= 15 is 0 Å². The molecule has 12 heteroatoms. The first-order chi connectivity index (χ1) is 19.2. The molecule has 1 unspecified atom stereocenters. The number of benzene rings is 2. The minimum Gasteiger partial charge on any atom is -0.469 e. The highest BCUT2D eigenvalue weighted by atomic mass is 32.2. The lowest BCUT2D eigenvalue weighted by Gasteiger charge is -2.33. The quantitative estimate of drug-likeness (QED) is 0.238. The Morgan fingerprint density at radius 2 is 1.54 bits per heavy atom. The van der Waals surface area contributed by atoms with Crippen LogP contribution in [0.25, 0.3) is 0 Å². The Balaban J connectivity index is 1.69. The van der Waals surface area contributed by atoms with Crippen LogP contribution in [0.3, 0.4) is 0 Å². The molecule has 4 rings (SSSR count). The van der Waals surface area contributed by atoms with Crippen LogP contribution >= 0.6 is 0 Å². The summed E-state index contributed by atoms with van der Waals surface area (Å²) >= 11 is 0. The van der Waals surface area contributed by atoms with Crippen molar-refractivity contribution in [1.29, 1.82) is 0 Å². The molecule has 1 saturated carbocycles. The van der Waals surface area contributed by atoms with Crippen LogP contribution in [0.15, 0.2) is 53.4 Å². The van der Waals surface area contributed by atoms with Gasteiger partial charge in [-0.3, -0.25) is 9.59 Å². The molecule has 224 valence electrons. The van der Waals surface area contributed by atoms with Crippen LogP contribution in [0.5, 0.6) is 0 Å². The largest absolute Gasteiger partial charge is 0.469 e. The molecule has 6 nitrogen and oxygen atoms in total. The van der Waals surface area contributed by atoms with Gasteiger partial charge in [-0.25, -0.2) is 17.2 Å². The Hall–Kier alpha value is -3.02. The zero-order valence-electron chi connectivity index (χ0n) is 22.7. The SMILES string of the molecule is COC(=O)C1CCC(C(=O)N2CC[C@](c3ccc(C(C)(CF)C(F)(F)F)cc3)(S(=O)(=O)c3ccc(F)cc3)C2)CC1. The number of hydrogen-bond donors (Lipinski definition) is 0. The standard InChI is InChI=1S/C29H32F5NO5S/c1-27(17-30,29(32,33)34)21-7-9-22(10-8-21)28(41(38,39)24-13-11-23(31)12-14-24)15-16-35(18-28)25(36)19-3-5-20(6-4-19)26(37)40-2/h7-14,19-20H,3-6,15-18H2,1-2H3/t19?,20?,27?,28-/m0/s1. The molecule has 0 bridgehead atoms. The minimum atomic E-state index is -4.88. The molecular weight excluding hydrogens is 569 g/mol. The van der Waals surface area contributed by atoms with Gasteiger partial charge < -0.3 is 9.64 Å². The van der Waals surface area contributed by atoms with Crippen molar-refractivity contribution in [3.8, 4) is 0 Å². The fourth-order valence-electron chi connectivity index (χ4n) is 5.88. The summed E-state index contributed by atoms with van der Waals surface area (Å²) in [4.78, 5) is 26.6. The fourth-order valence-corrected chi connectivity index (χ4v) is 7.96. The summed E-state index contributed by atoms with van der Waals surface area (Å²) in [5, 5.41) is 0. The first-order valence-electron chi connectivity index (χ1n) is 13.3. The lowest BCUT2D eigenvalue weighted by Crippen LogP contribution is -2.43. The van der Waals surface area contributed by atoms with E-state index in [-0.39, 0.29) is 53.3 Å². The molecule has 2 aliphatic rings. The number of ether oxygens (including phenoxy) is 1. The number of rotatable bonds is 7. The van der Waals surface area contributed by atoms with Crippen molar-refractivity contribution < 1.29 is 44.7 Å². The summed E-state index contributed by atoms with van der Waals surface area (Å²) in [6.45, 7) is -1.16. The molecule has 0 N–H and O–H groups in total. The maximum atomic E-state index is 14.1. The molecule has 1 aliphatic carbocycles. The summed E-state index contributed by atoms with van der Waals surface area (Å²) in [7, 11) is -2.99. The molecule has 2 fully saturated rings. The number of alkyl halides is 4. The Kier molecular flexibility index (Phi) is 8.55. The number of carbonyl (C=O) groups excluding carboxylic acids is 2. The molecular formula is C29H32F5NO5S. The summed E-state index contributed by atoms with van der Waals surface area (Å²) in [6, 6.07) is 8.85. The van der Waals surface area contributed by atoms with Gasteiger partial charge in [0.05, 0.1) is 17.9 Å². The van der Waals surface area contributed by atoms with E-state index in [1.54, 1.807) is 0 Å². The summed E-state index contributed by atoms with van der Waals surface area (Å²) in [5.41, 5.74) is -2.99. The number of sulfone groups is 1. The van der Waals surface area contributed by atoms with E-state index in [9.17, 15) is 40.0 Å². The smallest absolute Gasteiger partial charge is 0.400 e. The Bertz CT molecular complexity index is 1370. The molecule has 2 aromatic carbocycles. The molecule has 1 aliphatic heterocycles. The first kappa shape index (κ1) is 30.9. The maximum absolute atomic E-state index is 14.1. The third-order valence-corrected chi connectivity index (χ3v) is 11.2. The Morgan fingerprint density at radius 1 is 0.976 bits per heavy atom. The van der Waals surface area contributed by atoms with Gasteiger partial charge in [0.15, 0.2) is 9.84 Å². The van der Waals surface area contributed by atoms with Crippen LogP contribution in [0.2, 0.25) is 0 Å². The summed E-state index contributed by atoms with van der Waals surface area (Å²) < 4.78 is 99.6. The maximum Gasteiger partial charge on any atom is 0.400 e. The highest BCUT2D eigenvalue weighted by Gasteiger charge is 2.55. The molecule has 0 radical (unpaired) electrons. The second kappa shape index (κ2) is 11.3. The van der Waals surface area contributed by atoms with Gasteiger partial charge in [0.25, 0.3) is 0 Å². The van der Waals surface area contributed by atoms with Gasteiger partial charge in [0.2, 0.25) is 5.91 Å². The van der Waals surface area contributed by atoms with Crippen LogP contribution < -0.4 is 0 Å². The molecule has 41 heavy (non-hydrogen) atoms. The lowest BCUT2D eigenvalue weighted by atomic mass is 9.81. The Labute approximate surface area is 235 Å². The predicted octanol–water partition coefficient (Wildman–Crippen LogP) is 5.50. The Morgan fingerprint density at radius 3 is 2.05 bits per heavy atom. The zero-order valence-corrected chi connectivity index (χ0v) is 23.5. The van der Waals surface area contributed by atoms with Gasteiger partial charge in [-0.2, -0.15) is 13.2 Å². The van der Waals surface area contributed by atoms with Crippen LogP contribution in [0.4, 0.5) is 22.0 Å². The van der Waals surface area contributed by atoms with Crippen molar-refractivity contribution in [2.24, 2.45) is 11.8 Å². The number of carbonyl (C=O) groups is 2. The van der Waals surface area contributed by atoms with Gasteiger partial charge in [-0.1, -0.05) is 24.3 Å². The number of methoxy groups -OCH3 is 1. The van der Waals surface area contributed by atoms with Gasteiger partial charge >= 0.3 is 12.1 Å². The van der Waals surface area contributed by atoms with Crippen molar-refractivity contribution in [2.75, 3.05) is 26.9 Å². The molecule has 1 amide bonds. The van der Waals surface area contributed by atoms with Crippen LogP contribution in [-0.2, 0) is 34.3 Å². The van der Waals surface area contributed by atoms with Crippen molar-refractivity contribution in [2.45, 2.75) is 60.3 Å². The number of nitrogens with zero attached hydrogens (tertiary/aromatic N) is 1. The number of likely N-dealkylation sites (tertiary alicyclic amines) is 1. The third-order valence-electron chi connectivity index (χ3n) is 8.73. The molecule has 1 heterocycles. The van der Waals surface area contributed by atoms with Gasteiger partial charge in [-0.15, -0.1) is 0 Å². The summed E-state index contributed by atoms with van der Waals surface area (Å²) in [6.07, 6.45) is -3.14. The molecule has 1 saturated heterocycles. The average molecular weight is 602 g/mol. The fraction of sp³-hybridized carbons (Fsp3) is 0.517. The van der Waals surface area contributed by atoms with Crippen molar-refractivity contribution in [1.82, 2.24) is 4.90 Å². The second-order valence-corrected chi connectivity index (χ2v) is 13.3. The highest BCUT2D eigenvalue weighted by molar-refractivity contribution is 7.92. The highest BCUT2D eigenvalue weighted by Crippen LogP contribution is 2.46. The molecule has 2 aromatic rings. The molecule has 0 aromatic heterocycles. The lowest BCUT2D eigenvalue weighted by molar-refractivity contribution is -0.189. The van der Waals surface area contributed by atoms with Crippen molar-refractivity contribution >= 4 is 21.7 Å². The van der Waals surface area contributed by atoms with Crippen molar-refractivity contribution in [3.05, 3.63) is 65.5 Å². The normalized spacial score (nSPS) is 25.0. The number of halogens is 5. The minimum absolute atomic E-state index is 0.0467. The topological polar surface area (TPSA) is 80.8 Å². The monoisotopic (exact) mass is 601 g/mol. The van der Waals surface area contributed by atoms with E-state index in [0.717, 1.165) is 43.3 Å². The third kappa shape index (κ3) is 5.47. The number of hydrogen-bond acceptors (Lipinski definition) is 5. The van der Waals surface area contributed by atoms with Gasteiger partial charge in [0.1, 0.15) is 22.7 Å². The van der Waals surface area contributed by atoms with Crippen LogP contribution in [0.1, 0.15) is 50.2 Å². The average Bonchev–Trinajstić information content (AvgIpc) is 3.43. The zero-order chi connectivity index (χ0) is 30.2. The second-order valence-electron chi connectivity index (χ2n) is 11.1. The van der Waals surface area contributed by atoms with E-state index < -0.39 is 44.6 Å². The molecule has 2 atom stereocenters. The summed E-state index contributed by atoms with van der Waals surface area (Å²) in [5.74, 6) is -1.96. The van der Waals surface area contributed by atoms with Crippen LogP contribution in [0, 0.1) is 17.7 Å².